The van der Waals surface area contributed by atoms with Crippen LogP contribution in [0.2, 0.25) is 0 Å². The average Bonchev–Trinajstić information content (AvgIpc) is 2.83. The molecule has 0 aromatic carbocycles. The molecule has 98 valence electrons. The smallest absolute Gasteiger partial charge is 0.319 e. The van der Waals surface area contributed by atoms with E-state index in [9.17, 15) is 4.79 Å². The van der Waals surface area contributed by atoms with Crippen molar-refractivity contribution in [2.24, 2.45) is 0 Å². The number of imidazole rings is 1. The fraction of sp³-hybridized carbons (Fsp3) is 0.154. The number of amides is 2. The van der Waals surface area contributed by atoms with E-state index in [0.717, 1.165) is 11.6 Å². The van der Waals surface area contributed by atoms with Crippen molar-refractivity contribution in [3.8, 4) is 5.82 Å². The summed E-state index contributed by atoms with van der Waals surface area (Å²) in [5.41, 5.74) is 0.628. The summed E-state index contributed by atoms with van der Waals surface area (Å²) in [6, 6.07) is 3.32. The van der Waals surface area contributed by atoms with Gasteiger partial charge in [0.2, 0.25) is 0 Å². The number of nitrogens with zero attached hydrogens (tertiary/aromatic N) is 3. The highest BCUT2D eigenvalue weighted by atomic mass is 16.2. The van der Waals surface area contributed by atoms with E-state index in [1.165, 1.54) is 0 Å². The zero-order valence-corrected chi connectivity index (χ0v) is 10.6. The third-order valence-electron chi connectivity index (χ3n) is 2.49. The van der Waals surface area contributed by atoms with Crippen molar-refractivity contribution in [1.82, 2.24) is 19.9 Å². The van der Waals surface area contributed by atoms with E-state index in [0.29, 0.717) is 12.2 Å². The molecule has 0 aliphatic heterocycles. The largest absolute Gasteiger partial charge is 0.334 e. The molecule has 0 aliphatic carbocycles. The SMILES string of the molecule is C=CCNC(=O)Nc1ccc(-n2ccnc2C)nc1. The summed E-state index contributed by atoms with van der Waals surface area (Å²) in [6.45, 7) is 5.85. The minimum absolute atomic E-state index is 0.284. The van der Waals surface area contributed by atoms with Gasteiger partial charge in [0.15, 0.2) is 0 Å². The number of rotatable bonds is 4. The van der Waals surface area contributed by atoms with Crippen LogP contribution in [0.3, 0.4) is 0 Å². The molecule has 0 bridgehead atoms. The molecule has 0 radical (unpaired) electrons. The standard InChI is InChI=1S/C13H15N5O/c1-3-6-15-13(19)17-11-4-5-12(16-9-11)18-8-7-14-10(18)2/h3-5,7-9H,1,6H2,2H3,(H2,15,17,19). The van der Waals surface area contributed by atoms with Crippen LogP contribution in [-0.4, -0.2) is 27.1 Å². The number of nitrogens with one attached hydrogen (secondary N) is 2. The van der Waals surface area contributed by atoms with Crippen LogP contribution in [0.15, 0.2) is 43.4 Å². The highest BCUT2D eigenvalue weighted by molar-refractivity contribution is 5.89. The number of anilines is 1. The van der Waals surface area contributed by atoms with Crippen LogP contribution < -0.4 is 10.6 Å². The Morgan fingerprint density at radius 2 is 2.32 bits per heavy atom. The zero-order chi connectivity index (χ0) is 13.7. The highest BCUT2D eigenvalue weighted by Gasteiger charge is 2.03. The van der Waals surface area contributed by atoms with E-state index < -0.39 is 0 Å². The first-order valence-electron chi connectivity index (χ1n) is 5.83. The van der Waals surface area contributed by atoms with Crippen LogP contribution in [0, 0.1) is 6.92 Å². The van der Waals surface area contributed by atoms with Crippen molar-refractivity contribution >= 4 is 11.7 Å². The first-order valence-corrected chi connectivity index (χ1v) is 5.83. The van der Waals surface area contributed by atoms with E-state index in [-0.39, 0.29) is 6.03 Å². The Labute approximate surface area is 111 Å². The Hall–Kier alpha value is -2.63. The van der Waals surface area contributed by atoms with Gasteiger partial charge in [-0.05, 0) is 19.1 Å². The summed E-state index contributed by atoms with van der Waals surface area (Å²) in [5.74, 6) is 1.61. The van der Waals surface area contributed by atoms with Crippen molar-refractivity contribution in [2.45, 2.75) is 6.92 Å². The van der Waals surface area contributed by atoms with E-state index in [1.54, 1.807) is 24.5 Å². The maximum Gasteiger partial charge on any atom is 0.319 e. The van der Waals surface area contributed by atoms with E-state index in [1.807, 2.05) is 23.8 Å². The molecule has 0 saturated heterocycles. The first-order chi connectivity index (χ1) is 9.20. The van der Waals surface area contributed by atoms with Gasteiger partial charge in [-0.3, -0.25) is 4.57 Å². The van der Waals surface area contributed by atoms with Crippen LogP contribution in [0.4, 0.5) is 10.5 Å². The van der Waals surface area contributed by atoms with Gasteiger partial charge in [0.25, 0.3) is 0 Å². The van der Waals surface area contributed by atoms with Crippen LogP contribution in [0.1, 0.15) is 5.82 Å². The topological polar surface area (TPSA) is 71.8 Å². The lowest BCUT2D eigenvalue weighted by Crippen LogP contribution is -2.28. The normalized spacial score (nSPS) is 9.95. The maximum atomic E-state index is 11.4. The van der Waals surface area contributed by atoms with E-state index >= 15 is 0 Å². The van der Waals surface area contributed by atoms with Gasteiger partial charge in [0.1, 0.15) is 11.6 Å². The number of aryl methyl sites for hydroxylation is 1. The molecule has 2 amide bonds. The van der Waals surface area contributed by atoms with Gasteiger partial charge < -0.3 is 10.6 Å². The van der Waals surface area contributed by atoms with E-state index in [4.69, 9.17) is 0 Å². The fourth-order valence-corrected chi connectivity index (χ4v) is 1.56. The molecule has 0 fully saturated rings. The second-order valence-electron chi connectivity index (χ2n) is 3.87. The lowest BCUT2D eigenvalue weighted by atomic mass is 10.4. The summed E-state index contributed by atoms with van der Waals surface area (Å²) < 4.78 is 1.86. The monoisotopic (exact) mass is 257 g/mol. The molecule has 0 atom stereocenters. The molecule has 2 rings (SSSR count). The van der Waals surface area contributed by atoms with Crippen LogP contribution >= 0.6 is 0 Å². The predicted octanol–water partition coefficient (Wildman–Crippen LogP) is 1.88. The van der Waals surface area contributed by atoms with Crippen LogP contribution in [0.25, 0.3) is 5.82 Å². The van der Waals surface area contributed by atoms with Gasteiger partial charge in [-0.25, -0.2) is 14.8 Å². The number of urea groups is 1. The molecule has 0 saturated carbocycles. The number of aromatic nitrogens is 3. The summed E-state index contributed by atoms with van der Waals surface area (Å²) >= 11 is 0. The Morgan fingerprint density at radius 3 is 2.89 bits per heavy atom. The Morgan fingerprint density at radius 1 is 1.47 bits per heavy atom. The number of carbonyl (C=O) groups excluding carboxylic acids is 1. The molecule has 6 heteroatoms. The maximum absolute atomic E-state index is 11.4. The number of hydrogen-bond donors (Lipinski definition) is 2. The molecule has 2 aromatic heterocycles. The van der Waals surface area contributed by atoms with Crippen molar-refractivity contribution in [3.63, 3.8) is 0 Å². The molecule has 2 heterocycles. The van der Waals surface area contributed by atoms with Gasteiger partial charge in [-0.2, -0.15) is 0 Å². The molecule has 2 aromatic rings. The molecule has 0 spiro atoms. The lowest BCUT2D eigenvalue weighted by molar-refractivity contribution is 0.253. The number of carbonyl (C=O) groups is 1. The minimum Gasteiger partial charge on any atom is -0.334 e. The summed E-state index contributed by atoms with van der Waals surface area (Å²) in [7, 11) is 0. The van der Waals surface area contributed by atoms with Gasteiger partial charge in [0.05, 0.1) is 11.9 Å². The molecular weight excluding hydrogens is 242 g/mol. The van der Waals surface area contributed by atoms with Crippen molar-refractivity contribution in [2.75, 3.05) is 11.9 Å². The van der Waals surface area contributed by atoms with Crippen LogP contribution in [0.5, 0.6) is 0 Å². The molecule has 19 heavy (non-hydrogen) atoms. The molecule has 0 aliphatic rings. The summed E-state index contributed by atoms with van der Waals surface area (Å²) in [4.78, 5) is 19.8. The third kappa shape index (κ3) is 3.19. The number of hydrogen-bond acceptors (Lipinski definition) is 3. The van der Waals surface area contributed by atoms with Gasteiger partial charge in [-0.15, -0.1) is 6.58 Å². The van der Waals surface area contributed by atoms with Gasteiger partial charge in [0, 0.05) is 18.9 Å². The Balaban J connectivity index is 2.05. The molecule has 0 unspecified atom stereocenters. The van der Waals surface area contributed by atoms with Gasteiger partial charge in [-0.1, -0.05) is 6.08 Å². The van der Waals surface area contributed by atoms with Gasteiger partial charge >= 0.3 is 6.03 Å². The summed E-state index contributed by atoms with van der Waals surface area (Å²) in [5, 5.41) is 5.30. The zero-order valence-electron chi connectivity index (χ0n) is 10.6. The number of pyridine rings is 1. The van der Waals surface area contributed by atoms with Crippen LogP contribution in [-0.2, 0) is 0 Å². The average molecular weight is 257 g/mol. The highest BCUT2D eigenvalue weighted by Crippen LogP contribution is 2.11. The Bertz CT molecular complexity index is 573. The van der Waals surface area contributed by atoms with E-state index in [2.05, 4.69) is 27.2 Å². The minimum atomic E-state index is -0.284. The van der Waals surface area contributed by atoms with Crippen molar-refractivity contribution in [3.05, 3.63) is 49.2 Å². The third-order valence-corrected chi connectivity index (χ3v) is 2.49. The molecular formula is C13H15N5O. The second-order valence-corrected chi connectivity index (χ2v) is 3.87. The quantitative estimate of drug-likeness (QED) is 0.821. The first kappa shape index (κ1) is 12.8. The molecule has 6 nitrogen and oxygen atoms in total. The second kappa shape index (κ2) is 5.81. The summed E-state index contributed by atoms with van der Waals surface area (Å²) in [6.07, 6.45) is 6.76. The van der Waals surface area contributed by atoms with Crippen molar-refractivity contribution in [1.29, 1.82) is 0 Å². The predicted molar refractivity (Wildman–Crippen MR) is 73.3 cm³/mol. The van der Waals surface area contributed by atoms with Crippen molar-refractivity contribution < 1.29 is 4.79 Å². The molecule has 2 N–H and O–H groups in total. The lowest BCUT2D eigenvalue weighted by Gasteiger charge is -2.07. The fourth-order valence-electron chi connectivity index (χ4n) is 1.56. The Kier molecular flexibility index (Phi) is 3.92.